The van der Waals surface area contributed by atoms with Crippen LogP contribution >= 0.6 is 0 Å². The maximum absolute atomic E-state index is 13.8. The minimum atomic E-state index is -0.497. The highest BCUT2D eigenvalue weighted by Gasteiger charge is 2.13. The van der Waals surface area contributed by atoms with Crippen LogP contribution in [-0.2, 0) is 0 Å². The number of halogens is 1. The summed E-state index contributed by atoms with van der Waals surface area (Å²) in [6.45, 7) is 1.62. The van der Waals surface area contributed by atoms with Gasteiger partial charge in [-0.15, -0.1) is 0 Å². The van der Waals surface area contributed by atoms with Gasteiger partial charge in [0.05, 0.1) is 12.7 Å². The number of methoxy groups -OCH3 is 1. The molecule has 0 fully saturated rings. The van der Waals surface area contributed by atoms with Crippen LogP contribution in [0.5, 0.6) is 5.75 Å². The van der Waals surface area contributed by atoms with Gasteiger partial charge in [-0.05, 0) is 30.7 Å². The van der Waals surface area contributed by atoms with Crippen molar-refractivity contribution in [2.24, 2.45) is 0 Å². The van der Waals surface area contributed by atoms with Crippen molar-refractivity contribution in [3.63, 3.8) is 0 Å². The molecule has 1 N–H and O–H groups in total. The van der Waals surface area contributed by atoms with E-state index in [9.17, 15) is 9.18 Å². The minimum absolute atomic E-state index is 0.0304. The SMILES string of the molecule is COc1cccc(NC(=O)c2cccc(C)c2F)c1. The summed E-state index contributed by atoms with van der Waals surface area (Å²) in [6.07, 6.45) is 0. The van der Waals surface area contributed by atoms with Gasteiger partial charge in [0.2, 0.25) is 0 Å². The summed E-state index contributed by atoms with van der Waals surface area (Å²) in [7, 11) is 1.54. The highest BCUT2D eigenvalue weighted by molar-refractivity contribution is 6.04. The van der Waals surface area contributed by atoms with Gasteiger partial charge in [0.15, 0.2) is 0 Å². The van der Waals surface area contributed by atoms with Crippen molar-refractivity contribution in [3.8, 4) is 5.75 Å². The van der Waals surface area contributed by atoms with Gasteiger partial charge >= 0.3 is 0 Å². The van der Waals surface area contributed by atoms with Crippen LogP contribution in [0, 0.1) is 12.7 Å². The van der Waals surface area contributed by atoms with E-state index in [4.69, 9.17) is 4.74 Å². The van der Waals surface area contributed by atoms with E-state index in [1.807, 2.05) is 0 Å². The third kappa shape index (κ3) is 2.91. The van der Waals surface area contributed by atoms with E-state index < -0.39 is 11.7 Å². The second-order valence-corrected chi connectivity index (χ2v) is 4.12. The van der Waals surface area contributed by atoms with E-state index in [0.717, 1.165) is 0 Å². The number of rotatable bonds is 3. The predicted octanol–water partition coefficient (Wildman–Crippen LogP) is 3.40. The quantitative estimate of drug-likeness (QED) is 0.917. The molecule has 2 aromatic carbocycles. The third-order valence-corrected chi connectivity index (χ3v) is 2.76. The summed E-state index contributed by atoms with van der Waals surface area (Å²) in [5, 5.41) is 2.64. The molecule has 0 saturated carbocycles. The molecule has 3 nitrogen and oxygen atoms in total. The number of benzene rings is 2. The molecule has 0 saturated heterocycles. The van der Waals surface area contributed by atoms with Crippen LogP contribution in [0.4, 0.5) is 10.1 Å². The topological polar surface area (TPSA) is 38.3 Å². The summed E-state index contributed by atoms with van der Waals surface area (Å²) in [6, 6.07) is 11.6. The summed E-state index contributed by atoms with van der Waals surface area (Å²) in [5.74, 6) is -0.347. The fourth-order valence-corrected chi connectivity index (χ4v) is 1.72. The molecule has 2 aromatic rings. The number of carbonyl (C=O) groups is 1. The van der Waals surface area contributed by atoms with Gasteiger partial charge in [-0.25, -0.2) is 4.39 Å². The molecule has 98 valence electrons. The minimum Gasteiger partial charge on any atom is -0.497 e. The average molecular weight is 259 g/mol. The number of hydrogen-bond donors (Lipinski definition) is 1. The van der Waals surface area contributed by atoms with Crippen LogP contribution in [-0.4, -0.2) is 13.0 Å². The molecule has 0 aromatic heterocycles. The van der Waals surface area contributed by atoms with Crippen LogP contribution in [0.15, 0.2) is 42.5 Å². The normalized spacial score (nSPS) is 10.1. The van der Waals surface area contributed by atoms with Crippen molar-refractivity contribution in [1.82, 2.24) is 0 Å². The van der Waals surface area contributed by atoms with Crippen molar-refractivity contribution < 1.29 is 13.9 Å². The summed E-state index contributed by atoms with van der Waals surface area (Å²) in [5.41, 5.74) is 1.03. The zero-order valence-electron chi connectivity index (χ0n) is 10.7. The fourth-order valence-electron chi connectivity index (χ4n) is 1.72. The lowest BCUT2D eigenvalue weighted by atomic mass is 10.1. The Hall–Kier alpha value is -2.36. The molecule has 0 heterocycles. The zero-order chi connectivity index (χ0) is 13.8. The van der Waals surface area contributed by atoms with Crippen molar-refractivity contribution in [2.45, 2.75) is 6.92 Å². The first kappa shape index (κ1) is 13.1. The Morgan fingerprint density at radius 2 is 1.95 bits per heavy atom. The number of amides is 1. The van der Waals surface area contributed by atoms with Gasteiger partial charge in [0.25, 0.3) is 5.91 Å². The number of anilines is 1. The van der Waals surface area contributed by atoms with E-state index in [2.05, 4.69) is 5.32 Å². The molecular formula is C15H14FNO2. The van der Waals surface area contributed by atoms with E-state index in [1.165, 1.54) is 6.07 Å². The van der Waals surface area contributed by atoms with Gasteiger partial charge in [0.1, 0.15) is 11.6 Å². The largest absolute Gasteiger partial charge is 0.497 e. The fraction of sp³-hybridized carbons (Fsp3) is 0.133. The van der Waals surface area contributed by atoms with E-state index in [1.54, 1.807) is 50.4 Å². The lowest BCUT2D eigenvalue weighted by Gasteiger charge is -2.08. The highest BCUT2D eigenvalue weighted by Crippen LogP contribution is 2.19. The Balaban J connectivity index is 2.23. The molecule has 0 spiro atoms. The van der Waals surface area contributed by atoms with Crippen molar-refractivity contribution in [1.29, 1.82) is 0 Å². The number of hydrogen-bond acceptors (Lipinski definition) is 2. The lowest BCUT2D eigenvalue weighted by molar-refractivity contribution is 0.102. The Labute approximate surface area is 111 Å². The lowest BCUT2D eigenvalue weighted by Crippen LogP contribution is -2.14. The van der Waals surface area contributed by atoms with Crippen molar-refractivity contribution in [2.75, 3.05) is 12.4 Å². The molecular weight excluding hydrogens is 245 g/mol. The number of nitrogens with one attached hydrogen (secondary N) is 1. The second-order valence-electron chi connectivity index (χ2n) is 4.12. The van der Waals surface area contributed by atoms with Crippen LogP contribution in [0.1, 0.15) is 15.9 Å². The summed E-state index contributed by atoms with van der Waals surface area (Å²) < 4.78 is 18.9. The van der Waals surface area contributed by atoms with Crippen LogP contribution in [0.3, 0.4) is 0 Å². The summed E-state index contributed by atoms with van der Waals surface area (Å²) >= 11 is 0. The number of ether oxygens (including phenoxy) is 1. The Kier molecular flexibility index (Phi) is 3.80. The van der Waals surface area contributed by atoms with Crippen LogP contribution < -0.4 is 10.1 Å². The molecule has 1 amide bonds. The number of carbonyl (C=O) groups excluding carboxylic acids is 1. The predicted molar refractivity (Wildman–Crippen MR) is 72.1 cm³/mol. The molecule has 0 bridgehead atoms. The van der Waals surface area contributed by atoms with Gasteiger partial charge in [-0.3, -0.25) is 4.79 Å². The first-order chi connectivity index (χ1) is 9.11. The van der Waals surface area contributed by atoms with E-state index in [0.29, 0.717) is 17.0 Å². The van der Waals surface area contributed by atoms with Gasteiger partial charge in [-0.2, -0.15) is 0 Å². The molecule has 19 heavy (non-hydrogen) atoms. The maximum atomic E-state index is 13.8. The van der Waals surface area contributed by atoms with E-state index in [-0.39, 0.29) is 5.56 Å². The van der Waals surface area contributed by atoms with Gasteiger partial charge in [0, 0.05) is 11.8 Å². The van der Waals surface area contributed by atoms with E-state index >= 15 is 0 Å². The highest BCUT2D eigenvalue weighted by atomic mass is 19.1. The summed E-state index contributed by atoms with van der Waals surface area (Å²) in [4.78, 5) is 12.0. The molecule has 0 aliphatic heterocycles. The standard InChI is InChI=1S/C15H14FNO2/c1-10-5-3-8-13(14(10)16)15(18)17-11-6-4-7-12(9-11)19-2/h3-9H,1-2H3,(H,17,18). The first-order valence-electron chi connectivity index (χ1n) is 5.82. The molecule has 4 heteroatoms. The average Bonchev–Trinajstić information content (AvgIpc) is 2.42. The molecule has 0 aliphatic rings. The molecule has 0 atom stereocenters. The first-order valence-corrected chi connectivity index (χ1v) is 5.82. The zero-order valence-corrected chi connectivity index (χ0v) is 10.7. The second kappa shape index (κ2) is 5.52. The Morgan fingerprint density at radius 1 is 1.21 bits per heavy atom. The smallest absolute Gasteiger partial charge is 0.258 e. The Morgan fingerprint density at radius 3 is 2.68 bits per heavy atom. The molecule has 0 unspecified atom stereocenters. The molecule has 0 radical (unpaired) electrons. The Bertz CT molecular complexity index is 611. The van der Waals surface area contributed by atoms with Gasteiger partial charge < -0.3 is 10.1 Å². The van der Waals surface area contributed by atoms with Crippen LogP contribution in [0.25, 0.3) is 0 Å². The molecule has 0 aliphatic carbocycles. The number of aryl methyl sites for hydroxylation is 1. The van der Waals surface area contributed by atoms with Gasteiger partial charge in [-0.1, -0.05) is 18.2 Å². The molecule has 2 rings (SSSR count). The van der Waals surface area contributed by atoms with Crippen molar-refractivity contribution in [3.05, 3.63) is 59.4 Å². The third-order valence-electron chi connectivity index (χ3n) is 2.76. The van der Waals surface area contributed by atoms with Crippen LogP contribution in [0.2, 0.25) is 0 Å². The maximum Gasteiger partial charge on any atom is 0.258 e. The van der Waals surface area contributed by atoms with Crippen molar-refractivity contribution >= 4 is 11.6 Å². The monoisotopic (exact) mass is 259 g/mol.